The van der Waals surface area contributed by atoms with Crippen LogP contribution in [0.2, 0.25) is 0 Å². The molecule has 0 aliphatic carbocycles. The highest BCUT2D eigenvalue weighted by Gasteiger charge is 2.00. The van der Waals surface area contributed by atoms with Crippen molar-refractivity contribution >= 4 is 28.2 Å². The van der Waals surface area contributed by atoms with Crippen LogP contribution in [0.15, 0.2) is 48.9 Å². The third kappa shape index (κ3) is 2.43. The molecular formula is C13H12N6. The molecule has 0 radical (unpaired) electrons. The molecule has 4 N–H and O–H groups in total. The van der Waals surface area contributed by atoms with E-state index in [0.717, 1.165) is 16.6 Å². The van der Waals surface area contributed by atoms with Crippen LogP contribution >= 0.6 is 0 Å². The van der Waals surface area contributed by atoms with Gasteiger partial charge in [0.05, 0.1) is 17.9 Å². The van der Waals surface area contributed by atoms with Gasteiger partial charge in [-0.05, 0) is 24.3 Å². The highest BCUT2D eigenvalue weighted by Crippen LogP contribution is 2.20. The van der Waals surface area contributed by atoms with Crippen molar-refractivity contribution in [1.29, 1.82) is 0 Å². The average molecular weight is 252 g/mol. The summed E-state index contributed by atoms with van der Waals surface area (Å²) >= 11 is 0. The van der Waals surface area contributed by atoms with Crippen LogP contribution < -0.4 is 16.6 Å². The predicted octanol–water partition coefficient (Wildman–Crippen LogP) is 2.05. The molecule has 0 saturated heterocycles. The molecule has 0 unspecified atom stereocenters. The van der Waals surface area contributed by atoms with Crippen molar-refractivity contribution < 1.29 is 0 Å². The molecule has 3 rings (SSSR count). The van der Waals surface area contributed by atoms with Crippen molar-refractivity contribution in [3.8, 4) is 0 Å². The lowest BCUT2D eigenvalue weighted by Gasteiger charge is -2.07. The van der Waals surface area contributed by atoms with E-state index in [9.17, 15) is 0 Å². The van der Waals surface area contributed by atoms with E-state index in [-0.39, 0.29) is 0 Å². The topological polar surface area (TPSA) is 88.8 Å². The van der Waals surface area contributed by atoms with Gasteiger partial charge in [-0.25, -0.2) is 10.8 Å². The van der Waals surface area contributed by atoms with E-state index >= 15 is 0 Å². The molecule has 0 aliphatic heterocycles. The average Bonchev–Trinajstić information content (AvgIpc) is 2.47. The minimum Gasteiger partial charge on any atom is -0.339 e. The second-order valence-corrected chi connectivity index (χ2v) is 3.97. The van der Waals surface area contributed by atoms with E-state index in [0.29, 0.717) is 11.6 Å². The maximum Gasteiger partial charge on any atom is 0.160 e. The summed E-state index contributed by atoms with van der Waals surface area (Å²) in [6.45, 7) is 0. The summed E-state index contributed by atoms with van der Waals surface area (Å²) in [4.78, 5) is 12.5. The minimum atomic E-state index is 0.507. The number of nitrogen functional groups attached to an aromatic ring is 1. The third-order valence-electron chi connectivity index (χ3n) is 2.66. The Kier molecular flexibility index (Phi) is 2.91. The van der Waals surface area contributed by atoms with Crippen LogP contribution in [0.1, 0.15) is 0 Å². The summed E-state index contributed by atoms with van der Waals surface area (Å²) in [6, 6.07) is 9.82. The lowest BCUT2D eigenvalue weighted by molar-refractivity contribution is 1.16. The number of nitrogens with two attached hydrogens (primary N) is 1. The lowest BCUT2D eigenvalue weighted by atomic mass is 10.2. The standard InChI is InChI=1S/C13H12N6/c14-19-13-8-15-7-12(18-13)17-10-3-4-11-9(6-10)2-1-5-16-11/h1-8H,14H2,(H2,17,18,19). The second-order valence-electron chi connectivity index (χ2n) is 3.97. The molecule has 2 aromatic heterocycles. The molecular weight excluding hydrogens is 240 g/mol. The van der Waals surface area contributed by atoms with Gasteiger partial charge in [0.1, 0.15) is 0 Å². The third-order valence-corrected chi connectivity index (χ3v) is 2.66. The number of anilines is 3. The number of hydrazine groups is 1. The molecule has 2 heterocycles. The number of fused-ring (bicyclic) bond motifs is 1. The van der Waals surface area contributed by atoms with Gasteiger partial charge in [0, 0.05) is 17.3 Å². The Labute approximate surface area is 109 Å². The molecule has 6 heteroatoms. The zero-order chi connectivity index (χ0) is 13.1. The predicted molar refractivity (Wildman–Crippen MR) is 74.9 cm³/mol. The Balaban J connectivity index is 1.92. The number of hydrogen-bond acceptors (Lipinski definition) is 6. The van der Waals surface area contributed by atoms with Crippen LogP contribution in [-0.4, -0.2) is 15.0 Å². The molecule has 0 atom stereocenters. The van der Waals surface area contributed by atoms with Gasteiger partial charge in [0.25, 0.3) is 0 Å². The van der Waals surface area contributed by atoms with E-state index in [4.69, 9.17) is 5.84 Å². The number of nitrogens with zero attached hydrogens (tertiary/aromatic N) is 3. The molecule has 0 bridgehead atoms. The Morgan fingerprint density at radius 2 is 1.95 bits per heavy atom. The number of hydrogen-bond donors (Lipinski definition) is 3. The molecule has 0 saturated carbocycles. The summed E-state index contributed by atoms with van der Waals surface area (Å²) in [5, 5.41) is 4.24. The number of benzene rings is 1. The first-order valence-electron chi connectivity index (χ1n) is 5.75. The molecule has 0 spiro atoms. The van der Waals surface area contributed by atoms with Crippen molar-refractivity contribution in [3.63, 3.8) is 0 Å². The fraction of sp³-hybridized carbons (Fsp3) is 0. The smallest absolute Gasteiger partial charge is 0.160 e. The monoisotopic (exact) mass is 252 g/mol. The van der Waals surface area contributed by atoms with Gasteiger partial charge in [0.2, 0.25) is 0 Å². The van der Waals surface area contributed by atoms with Crippen molar-refractivity contribution in [1.82, 2.24) is 15.0 Å². The molecule has 94 valence electrons. The maximum absolute atomic E-state index is 5.30. The molecule has 0 fully saturated rings. The van der Waals surface area contributed by atoms with E-state index in [1.165, 1.54) is 0 Å². The lowest BCUT2D eigenvalue weighted by Crippen LogP contribution is -2.09. The normalized spacial score (nSPS) is 10.4. The molecule has 1 aromatic carbocycles. The van der Waals surface area contributed by atoms with E-state index in [2.05, 4.69) is 25.7 Å². The van der Waals surface area contributed by atoms with Crippen LogP contribution in [0.4, 0.5) is 17.3 Å². The molecule has 0 aliphatic rings. The number of rotatable bonds is 3. The Bertz CT molecular complexity index is 712. The van der Waals surface area contributed by atoms with Crippen LogP contribution in [0.5, 0.6) is 0 Å². The van der Waals surface area contributed by atoms with Crippen molar-refractivity contribution in [2.75, 3.05) is 10.7 Å². The van der Waals surface area contributed by atoms with Gasteiger partial charge in [-0.15, -0.1) is 0 Å². The first kappa shape index (κ1) is 11.4. The highest BCUT2D eigenvalue weighted by atomic mass is 15.3. The maximum atomic E-state index is 5.30. The van der Waals surface area contributed by atoms with Gasteiger partial charge in [-0.1, -0.05) is 6.07 Å². The van der Waals surface area contributed by atoms with Crippen LogP contribution in [0.3, 0.4) is 0 Å². The fourth-order valence-electron chi connectivity index (χ4n) is 1.80. The molecule has 3 aromatic rings. The molecule has 0 amide bonds. The Hall–Kier alpha value is -2.73. The summed E-state index contributed by atoms with van der Waals surface area (Å²) in [7, 11) is 0. The van der Waals surface area contributed by atoms with Gasteiger partial charge >= 0.3 is 0 Å². The van der Waals surface area contributed by atoms with E-state index in [1.54, 1.807) is 18.6 Å². The van der Waals surface area contributed by atoms with Gasteiger partial charge in [-0.3, -0.25) is 9.97 Å². The quantitative estimate of drug-likeness (QED) is 0.488. The highest BCUT2D eigenvalue weighted by molar-refractivity contribution is 5.82. The van der Waals surface area contributed by atoms with E-state index < -0.39 is 0 Å². The zero-order valence-corrected chi connectivity index (χ0v) is 10.0. The Morgan fingerprint density at radius 1 is 1.05 bits per heavy atom. The Morgan fingerprint density at radius 3 is 2.84 bits per heavy atom. The SMILES string of the molecule is NNc1cncc(Nc2ccc3ncccc3c2)n1. The van der Waals surface area contributed by atoms with E-state index in [1.807, 2.05) is 30.3 Å². The van der Waals surface area contributed by atoms with Gasteiger partial charge in [0.15, 0.2) is 11.6 Å². The summed E-state index contributed by atoms with van der Waals surface area (Å²) < 4.78 is 0. The largest absolute Gasteiger partial charge is 0.339 e. The number of aromatic nitrogens is 3. The minimum absolute atomic E-state index is 0.507. The summed E-state index contributed by atoms with van der Waals surface area (Å²) in [5.41, 5.74) is 4.33. The van der Waals surface area contributed by atoms with Crippen LogP contribution in [0.25, 0.3) is 10.9 Å². The van der Waals surface area contributed by atoms with Gasteiger partial charge in [-0.2, -0.15) is 0 Å². The zero-order valence-electron chi connectivity index (χ0n) is 10.0. The first-order valence-corrected chi connectivity index (χ1v) is 5.75. The van der Waals surface area contributed by atoms with Crippen molar-refractivity contribution in [3.05, 3.63) is 48.9 Å². The number of pyridine rings is 1. The summed E-state index contributed by atoms with van der Waals surface area (Å²) in [5.74, 6) is 6.43. The molecule has 6 nitrogen and oxygen atoms in total. The number of nitrogens with one attached hydrogen (secondary N) is 2. The second kappa shape index (κ2) is 4.87. The first-order chi connectivity index (χ1) is 9.35. The van der Waals surface area contributed by atoms with Crippen LogP contribution in [0, 0.1) is 0 Å². The van der Waals surface area contributed by atoms with Crippen molar-refractivity contribution in [2.45, 2.75) is 0 Å². The van der Waals surface area contributed by atoms with Crippen molar-refractivity contribution in [2.24, 2.45) is 5.84 Å². The molecule has 19 heavy (non-hydrogen) atoms. The fourth-order valence-corrected chi connectivity index (χ4v) is 1.80. The van der Waals surface area contributed by atoms with Gasteiger partial charge < -0.3 is 10.7 Å². The summed E-state index contributed by atoms with van der Waals surface area (Å²) in [6.07, 6.45) is 4.96. The van der Waals surface area contributed by atoms with Crippen LogP contribution in [-0.2, 0) is 0 Å².